The van der Waals surface area contributed by atoms with E-state index in [1.807, 2.05) is 0 Å². The summed E-state index contributed by atoms with van der Waals surface area (Å²) >= 11 is 0. The van der Waals surface area contributed by atoms with Crippen LogP contribution in [0.2, 0.25) is 0 Å². The van der Waals surface area contributed by atoms with E-state index in [4.69, 9.17) is 9.84 Å². The maximum absolute atomic E-state index is 12.0. The number of carbonyl (C=O) groups is 2. The summed E-state index contributed by atoms with van der Waals surface area (Å²) in [6.07, 6.45) is 0.834. The molecule has 6 nitrogen and oxygen atoms in total. The molecule has 114 valence electrons. The van der Waals surface area contributed by atoms with Crippen molar-refractivity contribution in [2.45, 2.75) is 6.42 Å². The number of carboxylic acids is 1. The van der Waals surface area contributed by atoms with E-state index in [1.54, 1.807) is 12.1 Å². The molecule has 2 rings (SSSR count). The lowest BCUT2D eigenvalue weighted by Gasteiger charge is -2.26. The molecule has 0 aliphatic carbocycles. The highest BCUT2D eigenvalue weighted by Crippen LogP contribution is 2.08. The maximum atomic E-state index is 12.0. The number of benzene rings is 1. The standard InChI is InChI=1S/C15H20N2O4/c18-14(12-4-1-2-5-13(12)15(19)20)16-6-3-7-17-8-10-21-11-9-17/h1-2,4-5H,3,6-11H2,(H,16,18)(H,19,20). The number of carbonyl (C=O) groups excluding carboxylic acids is 1. The Morgan fingerprint density at radius 2 is 1.86 bits per heavy atom. The van der Waals surface area contributed by atoms with E-state index in [2.05, 4.69) is 10.2 Å². The molecular formula is C15H20N2O4. The number of morpholine rings is 1. The van der Waals surface area contributed by atoms with Gasteiger partial charge < -0.3 is 15.2 Å². The maximum Gasteiger partial charge on any atom is 0.336 e. The monoisotopic (exact) mass is 292 g/mol. The Labute approximate surface area is 123 Å². The first-order valence-corrected chi connectivity index (χ1v) is 7.09. The van der Waals surface area contributed by atoms with Crippen LogP contribution in [-0.4, -0.2) is 61.3 Å². The molecule has 1 aromatic carbocycles. The lowest BCUT2D eigenvalue weighted by molar-refractivity contribution is 0.0374. The fourth-order valence-corrected chi connectivity index (χ4v) is 2.29. The minimum absolute atomic E-state index is 0.0307. The third-order valence-electron chi connectivity index (χ3n) is 3.44. The second-order valence-corrected chi connectivity index (χ2v) is 4.91. The topological polar surface area (TPSA) is 78.9 Å². The number of hydrogen-bond acceptors (Lipinski definition) is 4. The van der Waals surface area contributed by atoms with Crippen LogP contribution < -0.4 is 5.32 Å². The predicted octanol–water partition coefficient (Wildman–Crippen LogP) is 0.837. The van der Waals surface area contributed by atoms with E-state index in [-0.39, 0.29) is 17.0 Å². The van der Waals surface area contributed by atoms with Gasteiger partial charge in [-0.1, -0.05) is 12.1 Å². The van der Waals surface area contributed by atoms with Crippen LogP contribution in [0.4, 0.5) is 0 Å². The van der Waals surface area contributed by atoms with Gasteiger partial charge in [-0.05, 0) is 25.1 Å². The smallest absolute Gasteiger partial charge is 0.336 e. The molecule has 0 aromatic heterocycles. The molecule has 0 radical (unpaired) electrons. The van der Waals surface area contributed by atoms with Crippen LogP contribution in [0.15, 0.2) is 24.3 Å². The van der Waals surface area contributed by atoms with Crippen molar-refractivity contribution in [3.05, 3.63) is 35.4 Å². The molecule has 2 N–H and O–H groups in total. The Balaban J connectivity index is 1.78. The highest BCUT2D eigenvalue weighted by atomic mass is 16.5. The summed E-state index contributed by atoms with van der Waals surface area (Å²) in [5.41, 5.74) is 0.236. The molecular weight excluding hydrogens is 272 g/mol. The summed E-state index contributed by atoms with van der Waals surface area (Å²) < 4.78 is 5.27. The molecule has 1 saturated heterocycles. The Hall–Kier alpha value is -1.92. The van der Waals surface area contributed by atoms with Crippen molar-refractivity contribution in [3.63, 3.8) is 0 Å². The lowest BCUT2D eigenvalue weighted by Crippen LogP contribution is -2.38. The van der Waals surface area contributed by atoms with E-state index in [1.165, 1.54) is 12.1 Å². The fourth-order valence-electron chi connectivity index (χ4n) is 2.29. The minimum Gasteiger partial charge on any atom is -0.478 e. The van der Waals surface area contributed by atoms with Gasteiger partial charge in [0.2, 0.25) is 0 Å². The van der Waals surface area contributed by atoms with Crippen molar-refractivity contribution in [2.24, 2.45) is 0 Å². The molecule has 0 atom stereocenters. The third kappa shape index (κ3) is 4.54. The van der Waals surface area contributed by atoms with Crippen molar-refractivity contribution < 1.29 is 19.4 Å². The average Bonchev–Trinajstić information content (AvgIpc) is 2.52. The zero-order valence-electron chi connectivity index (χ0n) is 11.9. The number of ether oxygens (including phenoxy) is 1. The van der Waals surface area contributed by atoms with Gasteiger partial charge in [0.1, 0.15) is 0 Å². The van der Waals surface area contributed by atoms with Gasteiger partial charge in [-0.25, -0.2) is 4.79 Å². The zero-order valence-corrected chi connectivity index (χ0v) is 11.9. The number of amides is 1. The van der Waals surface area contributed by atoms with Crippen molar-refractivity contribution in [2.75, 3.05) is 39.4 Å². The van der Waals surface area contributed by atoms with Gasteiger partial charge in [0, 0.05) is 19.6 Å². The van der Waals surface area contributed by atoms with E-state index in [9.17, 15) is 9.59 Å². The molecule has 1 aromatic rings. The van der Waals surface area contributed by atoms with E-state index < -0.39 is 5.97 Å². The highest BCUT2D eigenvalue weighted by Gasteiger charge is 2.15. The Morgan fingerprint density at radius 3 is 2.52 bits per heavy atom. The van der Waals surface area contributed by atoms with E-state index >= 15 is 0 Å². The van der Waals surface area contributed by atoms with Crippen molar-refractivity contribution >= 4 is 11.9 Å². The first-order chi connectivity index (χ1) is 10.2. The number of nitrogens with zero attached hydrogens (tertiary/aromatic N) is 1. The number of nitrogens with one attached hydrogen (secondary N) is 1. The molecule has 0 saturated carbocycles. The molecule has 1 aliphatic heterocycles. The van der Waals surface area contributed by atoms with Crippen molar-refractivity contribution in [3.8, 4) is 0 Å². The number of aromatic carboxylic acids is 1. The molecule has 21 heavy (non-hydrogen) atoms. The summed E-state index contributed by atoms with van der Waals surface area (Å²) in [6.45, 7) is 4.82. The van der Waals surface area contributed by atoms with Crippen LogP contribution in [0.25, 0.3) is 0 Å². The number of carboxylic acid groups (broad SMARTS) is 1. The van der Waals surface area contributed by atoms with Gasteiger partial charge in [0.25, 0.3) is 5.91 Å². The van der Waals surface area contributed by atoms with Gasteiger partial charge in [-0.15, -0.1) is 0 Å². The third-order valence-corrected chi connectivity index (χ3v) is 3.44. The summed E-state index contributed by atoms with van der Waals surface area (Å²) in [4.78, 5) is 25.4. The van der Waals surface area contributed by atoms with E-state index in [0.717, 1.165) is 39.3 Å². The normalized spacial score (nSPS) is 15.6. The van der Waals surface area contributed by atoms with Gasteiger partial charge in [0.05, 0.1) is 24.3 Å². The molecule has 0 spiro atoms. The fraction of sp³-hybridized carbons (Fsp3) is 0.467. The predicted molar refractivity (Wildman–Crippen MR) is 77.6 cm³/mol. The van der Waals surface area contributed by atoms with Crippen LogP contribution in [0.1, 0.15) is 27.1 Å². The second-order valence-electron chi connectivity index (χ2n) is 4.91. The molecule has 1 heterocycles. The molecule has 1 amide bonds. The Kier molecular flexibility index (Phi) is 5.71. The minimum atomic E-state index is -1.09. The van der Waals surface area contributed by atoms with Gasteiger partial charge in [-0.3, -0.25) is 9.69 Å². The average molecular weight is 292 g/mol. The van der Waals surface area contributed by atoms with Crippen LogP contribution in [0.3, 0.4) is 0 Å². The molecule has 0 bridgehead atoms. The van der Waals surface area contributed by atoms with Gasteiger partial charge in [-0.2, -0.15) is 0 Å². The first kappa shape index (κ1) is 15.5. The Morgan fingerprint density at radius 1 is 1.19 bits per heavy atom. The SMILES string of the molecule is O=C(O)c1ccccc1C(=O)NCCCN1CCOCC1. The lowest BCUT2D eigenvalue weighted by atomic mass is 10.1. The van der Waals surface area contributed by atoms with Crippen LogP contribution >= 0.6 is 0 Å². The zero-order chi connectivity index (χ0) is 15.1. The van der Waals surface area contributed by atoms with Crippen LogP contribution in [0.5, 0.6) is 0 Å². The van der Waals surface area contributed by atoms with Crippen LogP contribution in [0, 0.1) is 0 Å². The van der Waals surface area contributed by atoms with E-state index in [0.29, 0.717) is 6.54 Å². The Bertz CT molecular complexity index is 498. The largest absolute Gasteiger partial charge is 0.478 e. The number of hydrogen-bond donors (Lipinski definition) is 2. The summed E-state index contributed by atoms with van der Waals surface area (Å²) in [5.74, 6) is -1.43. The van der Waals surface area contributed by atoms with Gasteiger partial charge >= 0.3 is 5.97 Å². The summed E-state index contributed by atoms with van der Waals surface area (Å²) in [7, 11) is 0. The molecule has 1 fully saturated rings. The highest BCUT2D eigenvalue weighted by molar-refractivity contribution is 6.04. The second kappa shape index (κ2) is 7.75. The molecule has 6 heteroatoms. The summed E-state index contributed by atoms with van der Waals surface area (Å²) in [6, 6.07) is 6.24. The van der Waals surface area contributed by atoms with Crippen molar-refractivity contribution in [1.29, 1.82) is 0 Å². The summed E-state index contributed by atoms with van der Waals surface area (Å²) in [5, 5.41) is 11.8. The number of rotatable bonds is 6. The molecule has 0 unspecified atom stereocenters. The molecule has 1 aliphatic rings. The first-order valence-electron chi connectivity index (χ1n) is 7.09. The van der Waals surface area contributed by atoms with Gasteiger partial charge in [0.15, 0.2) is 0 Å². The quantitative estimate of drug-likeness (QED) is 0.760. The van der Waals surface area contributed by atoms with Crippen molar-refractivity contribution in [1.82, 2.24) is 10.2 Å². The van der Waals surface area contributed by atoms with Crippen LogP contribution in [-0.2, 0) is 4.74 Å².